The van der Waals surface area contributed by atoms with Gasteiger partial charge in [0.15, 0.2) is 11.5 Å². The second-order valence-electron chi connectivity index (χ2n) is 6.99. The molecule has 0 aromatic heterocycles. The van der Waals surface area contributed by atoms with Gasteiger partial charge in [-0.05, 0) is 29.8 Å². The molecule has 2 aliphatic rings. The van der Waals surface area contributed by atoms with Crippen LogP contribution in [0.3, 0.4) is 0 Å². The molecule has 5 rings (SSSR count). The number of hydrogen-bond acceptors (Lipinski definition) is 5. The minimum Gasteiger partial charge on any atom is -0.493 e. The Morgan fingerprint density at radius 3 is 2.57 bits per heavy atom. The summed E-state index contributed by atoms with van der Waals surface area (Å²) in [5.41, 5.74) is 3.13. The van der Waals surface area contributed by atoms with Crippen LogP contribution in [0.2, 0.25) is 0 Å². The number of nitrogens with zero attached hydrogens (tertiary/aromatic N) is 1. The molecule has 0 bridgehead atoms. The summed E-state index contributed by atoms with van der Waals surface area (Å²) in [5.74, 6) is 0.450. The van der Waals surface area contributed by atoms with Gasteiger partial charge in [0.05, 0.1) is 12.0 Å². The molecule has 3 aromatic carbocycles. The first-order valence-electron chi connectivity index (χ1n) is 9.40. The van der Waals surface area contributed by atoms with Gasteiger partial charge in [0.2, 0.25) is 0 Å². The summed E-state index contributed by atoms with van der Waals surface area (Å²) in [5, 5.41) is 11.2. The highest BCUT2D eigenvalue weighted by atomic mass is 16.7. The molecule has 2 aliphatic heterocycles. The Morgan fingerprint density at radius 2 is 1.80 bits per heavy atom. The molecule has 6 nitrogen and oxygen atoms in total. The van der Waals surface area contributed by atoms with E-state index in [9.17, 15) is 10.1 Å². The van der Waals surface area contributed by atoms with Gasteiger partial charge in [0.1, 0.15) is 5.75 Å². The molecule has 0 fully saturated rings. The topological polar surface area (TPSA) is 70.8 Å². The smallest absolute Gasteiger partial charge is 0.299 e. The Hall–Kier alpha value is -4.06. The van der Waals surface area contributed by atoms with Crippen LogP contribution in [0, 0.1) is 10.1 Å². The molecule has 0 radical (unpaired) electrons. The predicted molar refractivity (Wildman–Crippen MR) is 113 cm³/mol. The van der Waals surface area contributed by atoms with Crippen LogP contribution in [-0.2, 0) is 0 Å². The van der Waals surface area contributed by atoms with E-state index in [0.29, 0.717) is 22.8 Å². The number of hydrogen-bond donors (Lipinski definition) is 0. The third kappa shape index (κ3) is 2.81. The molecule has 1 unspecified atom stereocenters. The monoisotopic (exact) mass is 399 g/mol. The summed E-state index contributed by atoms with van der Waals surface area (Å²) < 4.78 is 18.3. The molecule has 30 heavy (non-hydrogen) atoms. The quantitative estimate of drug-likeness (QED) is 0.439. The number of methoxy groups -OCH3 is 1. The SMILES string of the molecule is COc1cccc2c1OC1(C=C2)Oc2ccc([N+](=O)[O-])cc2C=C1c1ccccc1. The molecular weight excluding hydrogens is 382 g/mol. The van der Waals surface area contributed by atoms with Gasteiger partial charge in [-0.2, -0.15) is 0 Å². The third-order valence-corrected chi connectivity index (χ3v) is 5.19. The minimum absolute atomic E-state index is 0.00378. The fraction of sp³-hybridized carbons (Fsp3) is 0.0833. The summed E-state index contributed by atoms with van der Waals surface area (Å²) >= 11 is 0. The molecule has 0 saturated heterocycles. The zero-order valence-corrected chi connectivity index (χ0v) is 16.1. The second-order valence-corrected chi connectivity index (χ2v) is 6.99. The highest BCUT2D eigenvalue weighted by Gasteiger charge is 2.44. The molecule has 0 amide bonds. The zero-order chi connectivity index (χ0) is 20.7. The molecule has 0 aliphatic carbocycles. The largest absolute Gasteiger partial charge is 0.493 e. The number of nitro groups is 1. The van der Waals surface area contributed by atoms with Gasteiger partial charge >= 0.3 is 0 Å². The van der Waals surface area contributed by atoms with Crippen molar-refractivity contribution in [1.29, 1.82) is 0 Å². The molecule has 0 saturated carbocycles. The van der Waals surface area contributed by atoms with E-state index in [1.54, 1.807) is 13.2 Å². The van der Waals surface area contributed by atoms with Crippen molar-refractivity contribution in [3.63, 3.8) is 0 Å². The van der Waals surface area contributed by atoms with E-state index < -0.39 is 10.7 Å². The van der Waals surface area contributed by atoms with Crippen LogP contribution in [-0.4, -0.2) is 17.8 Å². The van der Waals surface area contributed by atoms with Gasteiger partial charge in [0, 0.05) is 34.9 Å². The van der Waals surface area contributed by atoms with Crippen LogP contribution in [0.15, 0.2) is 72.8 Å². The maximum Gasteiger partial charge on any atom is 0.299 e. The molecule has 1 atom stereocenters. The van der Waals surface area contributed by atoms with Crippen LogP contribution in [0.25, 0.3) is 17.7 Å². The summed E-state index contributed by atoms with van der Waals surface area (Å²) in [7, 11) is 1.59. The maximum absolute atomic E-state index is 11.2. The van der Waals surface area contributed by atoms with Crippen molar-refractivity contribution in [2.75, 3.05) is 7.11 Å². The average molecular weight is 399 g/mol. The van der Waals surface area contributed by atoms with E-state index in [1.165, 1.54) is 12.1 Å². The first-order valence-corrected chi connectivity index (χ1v) is 9.40. The number of fused-ring (bicyclic) bond motifs is 2. The number of nitro benzene ring substituents is 1. The average Bonchev–Trinajstić information content (AvgIpc) is 2.78. The third-order valence-electron chi connectivity index (χ3n) is 5.19. The van der Waals surface area contributed by atoms with Crippen molar-refractivity contribution < 1.29 is 19.1 Å². The van der Waals surface area contributed by atoms with Crippen molar-refractivity contribution in [3.8, 4) is 17.2 Å². The summed E-state index contributed by atoms with van der Waals surface area (Å²) in [6, 6.07) is 19.9. The van der Waals surface area contributed by atoms with E-state index in [4.69, 9.17) is 14.2 Å². The van der Waals surface area contributed by atoms with E-state index in [-0.39, 0.29) is 5.69 Å². The van der Waals surface area contributed by atoms with Crippen LogP contribution in [0.5, 0.6) is 17.2 Å². The van der Waals surface area contributed by atoms with Crippen molar-refractivity contribution in [2.24, 2.45) is 0 Å². The molecule has 148 valence electrons. The first-order chi connectivity index (χ1) is 14.6. The highest BCUT2D eigenvalue weighted by Crippen LogP contribution is 2.48. The number of para-hydroxylation sites is 1. The number of rotatable bonds is 3. The number of ether oxygens (including phenoxy) is 3. The zero-order valence-electron chi connectivity index (χ0n) is 16.1. The standard InChI is InChI=1S/C24H17NO5/c1-28-22-9-5-8-17-12-13-24(30-23(17)22)20(16-6-3-2-4-7-16)15-18-14-19(25(26)27)10-11-21(18)29-24/h2-15H,1H3. The van der Waals surface area contributed by atoms with E-state index in [0.717, 1.165) is 16.7 Å². The Balaban J connectivity index is 1.70. The lowest BCUT2D eigenvalue weighted by Crippen LogP contribution is -2.44. The maximum atomic E-state index is 11.2. The molecule has 3 aromatic rings. The van der Waals surface area contributed by atoms with Crippen molar-refractivity contribution in [3.05, 3.63) is 99.6 Å². The van der Waals surface area contributed by atoms with Gasteiger partial charge in [-0.1, -0.05) is 42.5 Å². The Bertz CT molecular complexity index is 1220. The van der Waals surface area contributed by atoms with Gasteiger partial charge < -0.3 is 14.2 Å². The molecule has 6 heteroatoms. The summed E-state index contributed by atoms with van der Waals surface area (Å²) in [4.78, 5) is 10.8. The fourth-order valence-corrected chi connectivity index (χ4v) is 3.75. The van der Waals surface area contributed by atoms with Crippen LogP contribution in [0.4, 0.5) is 5.69 Å². The lowest BCUT2D eigenvalue weighted by atomic mass is 9.90. The van der Waals surface area contributed by atoms with Crippen molar-refractivity contribution >= 4 is 23.4 Å². The lowest BCUT2D eigenvalue weighted by Gasteiger charge is -2.39. The minimum atomic E-state index is -1.23. The summed E-state index contributed by atoms with van der Waals surface area (Å²) in [6.07, 6.45) is 5.68. The van der Waals surface area contributed by atoms with Crippen LogP contribution >= 0.6 is 0 Å². The normalized spacial score (nSPS) is 18.5. The lowest BCUT2D eigenvalue weighted by molar-refractivity contribution is -0.384. The van der Waals surface area contributed by atoms with Gasteiger partial charge in [-0.15, -0.1) is 0 Å². The Morgan fingerprint density at radius 1 is 0.967 bits per heavy atom. The van der Waals surface area contributed by atoms with Gasteiger partial charge in [0.25, 0.3) is 11.5 Å². The first kappa shape index (κ1) is 18.0. The van der Waals surface area contributed by atoms with Crippen LogP contribution in [0.1, 0.15) is 16.7 Å². The Labute approximate surface area is 172 Å². The molecule has 0 N–H and O–H groups in total. The van der Waals surface area contributed by atoms with E-state index in [1.807, 2.05) is 66.8 Å². The number of non-ortho nitro benzene ring substituents is 1. The van der Waals surface area contributed by atoms with Crippen LogP contribution < -0.4 is 14.2 Å². The highest BCUT2D eigenvalue weighted by molar-refractivity contribution is 5.92. The number of benzene rings is 3. The molecule has 2 heterocycles. The van der Waals surface area contributed by atoms with Gasteiger partial charge in [-0.25, -0.2) is 0 Å². The predicted octanol–water partition coefficient (Wildman–Crippen LogP) is 5.34. The van der Waals surface area contributed by atoms with Crippen molar-refractivity contribution in [2.45, 2.75) is 5.79 Å². The molecule has 1 spiro atoms. The van der Waals surface area contributed by atoms with E-state index >= 15 is 0 Å². The second kappa shape index (κ2) is 6.77. The van der Waals surface area contributed by atoms with Gasteiger partial charge in [-0.3, -0.25) is 10.1 Å². The Kier molecular flexibility index (Phi) is 4.06. The van der Waals surface area contributed by atoms with Crippen molar-refractivity contribution in [1.82, 2.24) is 0 Å². The van der Waals surface area contributed by atoms with E-state index in [2.05, 4.69) is 0 Å². The molecular formula is C24H17NO5. The fourth-order valence-electron chi connectivity index (χ4n) is 3.75. The summed E-state index contributed by atoms with van der Waals surface area (Å²) in [6.45, 7) is 0.